The first kappa shape index (κ1) is 26.4. The molecule has 4 heterocycles. The lowest BCUT2D eigenvalue weighted by Gasteiger charge is -2.32. The molecule has 0 bridgehead atoms. The number of hydrogen-bond acceptors (Lipinski definition) is 7. The lowest BCUT2D eigenvalue weighted by atomic mass is 10.1. The number of nitrogens with zero attached hydrogens (tertiary/aromatic N) is 6. The summed E-state index contributed by atoms with van der Waals surface area (Å²) in [6.07, 6.45) is 3.67. The van der Waals surface area contributed by atoms with Crippen LogP contribution in [0.5, 0.6) is 0 Å². The van der Waals surface area contributed by atoms with Crippen LogP contribution < -0.4 is 9.62 Å². The topological polar surface area (TPSA) is 95.7 Å². The monoisotopic (exact) mass is 579 g/mol. The molecule has 0 unspecified atom stereocenters. The summed E-state index contributed by atoms with van der Waals surface area (Å²) in [7, 11) is -1.94. The zero-order valence-electron chi connectivity index (χ0n) is 22.2. The second-order valence-corrected chi connectivity index (χ2v) is 12.2. The van der Waals surface area contributed by atoms with Gasteiger partial charge in [0, 0.05) is 54.5 Å². The summed E-state index contributed by atoms with van der Waals surface area (Å²) in [6.45, 7) is 7.24. The number of likely N-dealkylation sites (N-methyl/N-ethyl adjacent to an activating group) is 1. The molecule has 2 aromatic carbocycles. The van der Waals surface area contributed by atoms with Gasteiger partial charge in [0.05, 0.1) is 16.3 Å². The van der Waals surface area contributed by atoms with E-state index in [9.17, 15) is 8.42 Å². The Labute approximate surface area is 236 Å². The molecule has 0 aliphatic carbocycles. The van der Waals surface area contributed by atoms with Crippen molar-refractivity contribution in [3.63, 3.8) is 0 Å². The second-order valence-electron chi connectivity index (χ2n) is 10.1. The van der Waals surface area contributed by atoms with E-state index in [0.717, 1.165) is 42.8 Å². The first-order chi connectivity index (χ1) is 19.1. The third-order valence-electron chi connectivity index (χ3n) is 7.14. The van der Waals surface area contributed by atoms with Crippen molar-refractivity contribution in [1.82, 2.24) is 24.3 Å². The van der Waals surface area contributed by atoms with Gasteiger partial charge in [-0.15, -0.1) is 0 Å². The van der Waals surface area contributed by atoms with E-state index in [4.69, 9.17) is 21.6 Å². The number of benzene rings is 2. The Morgan fingerprint density at radius 2 is 1.75 bits per heavy atom. The Bertz CT molecular complexity index is 1890. The average molecular weight is 580 g/mol. The molecule has 1 saturated heterocycles. The van der Waals surface area contributed by atoms with Gasteiger partial charge in [-0.2, -0.15) is 4.98 Å². The van der Waals surface area contributed by atoms with E-state index in [1.54, 1.807) is 25.3 Å². The maximum atomic E-state index is 15.3. The van der Waals surface area contributed by atoms with Crippen molar-refractivity contribution in [2.75, 3.05) is 42.8 Å². The second kappa shape index (κ2) is 9.99. The van der Waals surface area contributed by atoms with E-state index < -0.39 is 15.8 Å². The van der Waals surface area contributed by atoms with Crippen LogP contribution in [0.1, 0.15) is 11.3 Å². The van der Waals surface area contributed by atoms with E-state index >= 15 is 4.39 Å². The van der Waals surface area contributed by atoms with E-state index in [1.165, 1.54) is 24.3 Å². The molecule has 1 aliphatic heterocycles. The van der Waals surface area contributed by atoms with Crippen LogP contribution in [-0.2, 0) is 10.0 Å². The minimum Gasteiger partial charge on any atom is -0.338 e. The van der Waals surface area contributed by atoms with Gasteiger partial charge in [-0.25, -0.2) is 22.8 Å². The molecule has 0 spiro atoms. The number of anilines is 2. The van der Waals surface area contributed by atoms with Gasteiger partial charge in [-0.05, 0) is 62.4 Å². The van der Waals surface area contributed by atoms with E-state index in [0.29, 0.717) is 33.4 Å². The van der Waals surface area contributed by atoms with Gasteiger partial charge in [0.1, 0.15) is 11.5 Å². The summed E-state index contributed by atoms with van der Waals surface area (Å²) >= 11 is 6.10. The molecule has 12 heteroatoms. The van der Waals surface area contributed by atoms with Gasteiger partial charge in [-0.3, -0.25) is 9.12 Å². The Balaban J connectivity index is 1.37. The molecule has 0 atom stereocenters. The predicted molar refractivity (Wildman–Crippen MR) is 155 cm³/mol. The fraction of sp³-hybridized carbons (Fsp3) is 0.250. The molecule has 0 radical (unpaired) electrons. The number of nitrogens with one attached hydrogen (secondary N) is 1. The Morgan fingerprint density at radius 1 is 0.975 bits per heavy atom. The molecular weight excluding hydrogens is 553 g/mol. The smallest absolute Gasteiger partial charge is 0.262 e. The van der Waals surface area contributed by atoms with E-state index in [2.05, 4.69) is 26.6 Å². The van der Waals surface area contributed by atoms with Crippen LogP contribution in [0.15, 0.2) is 59.8 Å². The maximum Gasteiger partial charge on any atom is 0.262 e. The zero-order valence-corrected chi connectivity index (χ0v) is 23.8. The number of fused-ring (bicyclic) bond motifs is 3. The predicted octanol–water partition coefficient (Wildman–Crippen LogP) is 4.91. The third kappa shape index (κ3) is 4.85. The minimum atomic E-state index is -4.04. The SMILES string of the molecule is Cc1cn2c(n1)c(-c1ccc(NS(=O)(=O)c3ccc(C)c(Cl)c3)c(F)c1)cc1cnc(N3CCN(C)CC3)nc12. The lowest BCUT2D eigenvalue weighted by molar-refractivity contribution is 0.311. The Morgan fingerprint density at radius 3 is 2.48 bits per heavy atom. The highest BCUT2D eigenvalue weighted by Gasteiger charge is 2.21. The molecule has 9 nitrogen and oxygen atoms in total. The standard InChI is InChI=1S/C28H27ClFN7O2S/c1-17-4-6-21(14-23(17)29)40(38,39)34-25-7-5-19(13-24(25)30)22-12-20-15-31-28(36-10-8-35(3)9-11-36)33-26(20)37-16-18(2)32-27(22)37/h4-7,12-16,34H,8-11H2,1-3H3. The van der Waals surface area contributed by atoms with Gasteiger partial charge < -0.3 is 9.80 Å². The highest BCUT2D eigenvalue weighted by molar-refractivity contribution is 7.92. The zero-order chi connectivity index (χ0) is 28.2. The van der Waals surface area contributed by atoms with Crippen molar-refractivity contribution in [2.24, 2.45) is 0 Å². The molecule has 6 rings (SSSR count). The van der Waals surface area contributed by atoms with Crippen LogP contribution in [0, 0.1) is 19.7 Å². The highest BCUT2D eigenvalue weighted by Crippen LogP contribution is 2.32. The molecule has 5 aromatic rings. The summed E-state index contributed by atoms with van der Waals surface area (Å²) in [6, 6.07) is 10.6. The number of rotatable bonds is 5. The lowest BCUT2D eigenvalue weighted by Crippen LogP contribution is -2.45. The molecule has 1 aliphatic rings. The minimum absolute atomic E-state index is 0.0494. The summed E-state index contributed by atoms with van der Waals surface area (Å²) in [4.78, 5) is 18.6. The van der Waals surface area contributed by atoms with Crippen molar-refractivity contribution >= 4 is 49.9 Å². The van der Waals surface area contributed by atoms with Crippen LogP contribution in [0.3, 0.4) is 0 Å². The maximum absolute atomic E-state index is 15.3. The number of piperazine rings is 1. The fourth-order valence-corrected chi connectivity index (χ4v) is 6.16. The summed E-state index contributed by atoms with van der Waals surface area (Å²) < 4.78 is 45.3. The average Bonchev–Trinajstić information content (AvgIpc) is 3.32. The van der Waals surface area contributed by atoms with Crippen molar-refractivity contribution < 1.29 is 12.8 Å². The molecular formula is C28H27ClFN7O2S. The highest BCUT2D eigenvalue weighted by atomic mass is 35.5. The number of hydrogen-bond donors (Lipinski definition) is 1. The Kier molecular flexibility index (Phi) is 6.60. The molecule has 0 saturated carbocycles. The van der Waals surface area contributed by atoms with Crippen LogP contribution in [0.2, 0.25) is 5.02 Å². The molecule has 3 aromatic heterocycles. The van der Waals surface area contributed by atoms with E-state index in [1.807, 2.05) is 23.6 Å². The molecule has 0 amide bonds. The van der Waals surface area contributed by atoms with Crippen LogP contribution >= 0.6 is 11.6 Å². The quantitative estimate of drug-likeness (QED) is 0.316. The number of aromatic nitrogens is 4. The van der Waals surface area contributed by atoms with Crippen LogP contribution in [0.4, 0.5) is 16.0 Å². The van der Waals surface area contributed by atoms with Crippen molar-refractivity contribution in [3.05, 3.63) is 77.0 Å². The van der Waals surface area contributed by atoms with Gasteiger partial charge >= 0.3 is 0 Å². The van der Waals surface area contributed by atoms with Gasteiger partial charge in [0.25, 0.3) is 10.0 Å². The van der Waals surface area contributed by atoms with Gasteiger partial charge in [-0.1, -0.05) is 23.7 Å². The van der Waals surface area contributed by atoms with Gasteiger partial charge in [0.15, 0.2) is 5.65 Å². The van der Waals surface area contributed by atoms with Crippen molar-refractivity contribution in [2.45, 2.75) is 18.7 Å². The number of imidazole rings is 1. The van der Waals surface area contributed by atoms with E-state index in [-0.39, 0.29) is 10.6 Å². The Hall–Kier alpha value is -3.80. The summed E-state index contributed by atoms with van der Waals surface area (Å²) in [5.74, 6) is -0.0546. The summed E-state index contributed by atoms with van der Waals surface area (Å²) in [5.41, 5.74) is 3.91. The molecule has 40 heavy (non-hydrogen) atoms. The first-order valence-electron chi connectivity index (χ1n) is 12.8. The van der Waals surface area contributed by atoms with Gasteiger partial charge in [0.2, 0.25) is 5.95 Å². The van der Waals surface area contributed by atoms with Crippen molar-refractivity contribution in [3.8, 4) is 11.1 Å². The van der Waals surface area contributed by atoms with Crippen LogP contribution in [0.25, 0.3) is 27.8 Å². The molecule has 206 valence electrons. The number of pyridine rings is 1. The first-order valence-corrected chi connectivity index (χ1v) is 14.6. The van der Waals surface area contributed by atoms with Crippen LogP contribution in [-0.4, -0.2) is 65.9 Å². The fourth-order valence-electron chi connectivity index (χ4n) is 4.82. The molecule has 1 N–H and O–H groups in total. The number of sulfonamides is 1. The normalized spacial score (nSPS) is 14.8. The molecule has 1 fully saturated rings. The third-order valence-corrected chi connectivity index (χ3v) is 8.91. The van der Waals surface area contributed by atoms with Crippen molar-refractivity contribution in [1.29, 1.82) is 0 Å². The summed E-state index contributed by atoms with van der Waals surface area (Å²) in [5, 5.41) is 1.09. The number of halogens is 2. The number of aryl methyl sites for hydroxylation is 2. The largest absolute Gasteiger partial charge is 0.338 e.